The molecule has 0 aliphatic carbocycles. The van der Waals surface area contributed by atoms with Crippen LogP contribution in [0.2, 0.25) is 0 Å². The largest absolute Gasteiger partial charge is 0.375 e. The first kappa shape index (κ1) is 17.2. The molecule has 1 aliphatic heterocycles. The Hall–Kier alpha value is -2.61. The van der Waals surface area contributed by atoms with E-state index < -0.39 is 0 Å². The number of anilines is 2. The Balaban J connectivity index is 1.48. The Morgan fingerprint density at radius 1 is 1.40 bits per heavy atom. The molecule has 1 saturated heterocycles. The van der Waals surface area contributed by atoms with Gasteiger partial charge in [0, 0.05) is 38.6 Å². The summed E-state index contributed by atoms with van der Waals surface area (Å²) in [5.74, 6) is 0.940. The number of carbonyl (C=O) groups excluding carboxylic acids is 1. The SMILES string of the molecule is CCn1cc(NC(=O)NCc2ccc(N3CCO[C@@H](C)C3)nc2)cn1. The van der Waals surface area contributed by atoms with Crippen molar-refractivity contribution in [3.05, 3.63) is 36.3 Å². The average molecular weight is 344 g/mol. The van der Waals surface area contributed by atoms with Gasteiger partial charge in [-0.05, 0) is 25.5 Å². The molecule has 0 bridgehead atoms. The molecule has 8 nitrogen and oxygen atoms in total. The summed E-state index contributed by atoms with van der Waals surface area (Å²) < 4.78 is 7.30. The molecule has 2 aromatic rings. The number of hydrogen-bond donors (Lipinski definition) is 2. The van der Waals surface area contributed by atoms with Crippen LogP contribution in [0.25, 0.3) is 0 Å². The highest BCUT2D eigenvalue weighted by atomic mass is 16.5. The number of nitrogens with zero attached hydrogens (tertiary/aromatic N) is 4. The minimum atomic E-state index is -0.262. The normalized spacial score (nSPS) is 17.4. The minimum absolute atomic E-state index is 0.220. The highest BCUT2D eigenvalue weighted by molar-refractivity contribution is 5.88. The van der Waals surface area contributed by atoms with E-state index in [1.165, 1.54) is 0 Å². The van der Waals surface area contributed by atoms with Crippen LogP contribution in [0.3, 0.4) is 0 Å². The van der Waals surface area contributed by atoms with Crippen LogP contribution in [-0.2, 0) is 17.8 Å². The Kier molecular flexibility index (Phi) is 5.49. The second-order valence-corrected chi connectivity index (χ2v) is 6.04. The number of pyridine rings is 1. The first-order valence-electron chi connectivity index (χ1n) is 8.53. The van der Waals surface area contributed by atoms with Crippen LogP contribution < -0.4 is 15.5 Å². The number of morpholine rings is 1. The summed E-state index contributed by atoms with van der Waals surface area (Å²) >= 11 is 0. The maximum absolute atomic E-state index is 11.9. The third-order valence-corrected chi connectivity index (χ3v) is 4.04. The van der Waals surface area contributed by atoms with Crippen molar-refractivity contribution in [1.82, 2.24) is 20.1 Å². The predicted molar refractivity (Wildman–Crippen MR) is 95.6 cm³/mol. The lowest BCUT2D eigenvalue weighted by Crippen LogP contribution is -2.41. The molecule has 2 amide bonds. The first-order valence-corrected chi connectivity index (χ1v) is 8.53. The van der Waals surface area contributed by atoms with Crippen molar-refractivity contribution < 1.29 is 9.53 Å². The lowest BCUT2D eigenvalue weighted by atomic mass is 10.2. The van der Waals surface area contributed by atoms with E-state index in [-0.39, 0.29) is 12.1 Å². The maximum atomic E-state index is 11.9. The zero-order valence-corrected chi connectivity index (χ0v) is 14.6. The summed E-state index contributed by atoms with van der Waals surface area (Å²) in [6.07, 6.45) is 5.44. The predicted octanol–water partition coefficient (Wildman–Crippen LogP) is 1.84. The van der Waals surface area contributed by atoms with E-state index in [9.17, 15) is 4.79 Å². The molecule has 1 atom stereocenters. The van der Waals surface area contributed by atoms with Gasteiger partial charge >= 0.3 is 6.03 Å². The summed E-state index contributed by atoms with van der Waals surface area (Å²) in [5.41, 5.74) is 1.62. The van der Waals surface area contributed by atoms with Gasteiger partial charge in [0.2, 0.25) is 0 Å². The summed E-state index contributed by atoms with van der Waals surface area (Å²) in [4.78, 5) is 18.6. The fraction of sp³-hybridized carbons (Fsp3) is 0.471. The summed E-state index contributed by atoms with van der Waals surface area (Å²) in [6, 6.07) is 3.71. The number of nitrogens with one attached hydrogen (secondary N) is 2. The molecule has 2 aromatic heterocycles. The van der Waals surface area contributed by atoms with Crippen LogP contribution in [0.1, 0.15) is 19.4 Å². The second-order valence-electron chi connectivity index (χ2n) is 6.04. The number of rotatable bonds is 5. The van der Waals surface area contributed by atoms with Gasteiger partial charge in [-0.1, -0.05) is 6.07 Å². The third kappa shape index (κ3) is 4.69. The molecule has 1 fully saturated rings. The standard InChI is InChI=1S/C17H24N6O2/c1-3-23-12-15(10-20-23)21-17(24)19-9-14-4-5-16(18-8-14)22-6-7-25-13(2)11-22/h4-5,8,10,12-13H,3,6-7,9,11H2,1-2H3,(H2,19,21,24)/t13-/m0/s1. The fourth-order valence-electron chi connectivity index (χ4n) is 2.69. The molecule has 0 spiro atoms. The number of hydrogen-bond acceptors (Lipinski definition) is 5. The zero-order chi connectivity index (χ0) is 17.6. The Bertz CT molecular complexity index is 699. The number of aromatic nitrogens is 3. The van der Waals surface area contributed by atoms with Gasteiger partial charge in [0.25, 0.3) is 0 Å². The van der Waals surface area contributed by atoms with Crippen LogP contribution in [0, 0.1) is 0 Å². The van der Waals surface area contributed by atoms with Gasteiger partial charge in [-0.3, -0.25) is 4.68 Å². The van der Waals surface area contributed by atoms with Crippen molar-refractivity contribution in [3.63, 3.8) is 0 Å². The third-order valence-electron chi connectivity index (χ3n) is 4.04. The smallest absolute Gasteiger partial charge is 0.319 e. The van der Waals surface area contributed by atoms with Crippen molar-refractivity contribution in [2.75, 3.05) is 29.9 Å². The number of urea groups is 1. The van der Waals surface area contributed by atoms with Gasteiger partial charge in [-0.25, -0.2) is 9.78 Å². The topological polar surface area (TPSA) is 84.3 Å². The van der Waals surface area contributed by atoms with E-state index in [4.69, 9.17) is 4.74 Å². The lowest BCUT2D eigenvalue weighted by Gasteiger charge is -2.32. The molecule has 0 aromatic carbocycles. The van der Waals surface area contributed by atoms with Crippen LogP contribution >= 0.6 is 0 Å². The summed E-state index contributed by atoms with van der Waals surface area (Å²) in [6.45, 7) is 7.66. The quantitative estimate of drug-likeness (QED) is 0.865. The van der Waals surface area contributed by atoms with Gasteiger partial charge in [0.1, 0.15) is 5.82 Å². The molecule has 2 N–H and O–H groups in total. The Morgan fingerprint density at radius 2 is 2.28 bits per heavy atom. The van der Waals surface area contributed by atoms with Crippen molar-refractivity contribution >= 4 is 17.5 Å². The molecule has 3 rings (SSSR count). The fourth-order valence-corrected chi connectivity index (χ4v) is 2.69. The van der Waals surface area contributed by atoms with Gasteiger partial charge in [0.05, 0.1) is 24.6 Å². The van der Waals surface area contributed by atoms with Crippen molar-refractivity contribution in [1.29, 1.82) is 0 Å². The van der Waals surface area contributed by atoms with E-state index >= 15 is 0 Å². The van der Waals surface area contributed by atoms with Crippen LogP contribution in [0.4, 0.5) is 16.3 Å². The van der Waals surface area contributed by atoms with E-state index in [1.807, 2.05) is 19.1 Å². The molecule has 0 saturated carbocycles. The minimum Gasteiger partial charge on any atom is -0.375 e. The second kappa shape index (κ2) is 7.98. The number of amides is 2. The van der Waals surface area contributed by atoms with E-state index in [0.717, 1.165) is 37.6 Å². The zero-order valence-electron chi connectivity index (χ0n) is 14.6. The molecule has 8 heteroatoms. The highest BCUT2D eigenvalue weighted by Gasteiger charge is 2.17. The summed E-state index contributed by atoms with van der Waals surface area (Å²) in [7, 11) is 0. The Labute approximate surface area is 147 Å². The molecule has 1 aliphatic rings. The van der Waals surface area contributed by atoms with Gasteiger partial charge in [-0.2, -0.15) is 5.10 Å². The molecule has 0 unspecified atom stereocenters. The molecule has 3 heterocycles. The number of ether oxygens (including phenoxy) is 1. The monoisotopic (exact) mass is 344 g/mol. The maximum Gasteiger partial charge on any atom is 0.319 e. The van der Waals surface area contributed by atoms with Gasteiger partial charge in [0.15, 0.2) is 0 Å². The Morgan fingerprint density at radius 3 is 2.96 bits per heavy atom. The van der Waals surface area contributed by atoms with Crippen molar-refractivity contribution in [2.24, 2.45) is 0 Å². The molecule has 134 valence electrons. The van der Waals surface area contributed by atoms with Crippen LogP contribution in [0.15, 0.2) is 30.7 Å². The van der Waals surface area contributed by atoms with E-state index in [2.05, 4.69) is 32.5 Å². The average Bonchev–Trinajstić information content (AvgIpc) is 3.08. The summed E-state index contributed by atoms with van der Waals surface area (Å²) in [5, 5.41) is 9.70. The highest BCUT2D eigenvalue weighted by Crippen LogP contribution is 2.15. The van der Waals surface area contributed by atoms with E-state index in [0.29, 0.717) is 12.2 Å². The number of aryl methyl sites for hydroxylation is 1. The molecular weight excluding hydrogens is 320 g/mol. The van der Waals surface area contributed by atoms with Gasteiger partial charge < -0.3 is 20.3 Å². The molecular formula is C17H24N6O2. The van der Waals surface area contributed by atoms with Gasteiger partial charge in [-0.15, -0.1) is 0 Å². The van der Waals surface area contributed by atoms with E-state index in [1.54, 1.807) is 23.3 Å². The molecule has 0 radical (unpaired) electrons. The first-order chi connectivity index (χ1) is 12.1. The number of carbonyl (C=O) groups is 1. The van der Waals surface area contributed by atoms with Crippen LogP contribution in [-0.4, -0.2) is 46.6 Å². The van der Waals surface area contributed by atoms with Crippen LogP contribution in [0.5, 0.6) is 0 Å². The lowest BCUT2D eigenvalue weighted by molar-refractivity contribution is 0.0529. The van der Waals surface area contributed by atoms with Crippen molar-refractivity contribution in [2.45, 2.75) is 33.0 Å². The van der Waals surface area contributed by atoms with Crippen molar-refractivity contribution in [3.8, 4) is 0 Å². The molecule has 25 heavy (non-hydrogen) atoms.